The molecule has 18 heavy (non-hydrogen) atoms. The van der Waals surface area contributed by atoms with Crippen molar-refractivity contribution >= 4 is 17.7 Å². The Morgan fingerprint density at radius 1 is 1.28 bits per heavy atom. The van der Waals surface area contributed by atoms with Crippen LogP contribution in [0.25, 0.3) is 0 Å². The molecule has 0 aliphatic carbocycles. The Labute approximate surface area is 102 Å². The monoisotopic (exact) mass is 249 g/mol. The van der Waals surface area contributed by atoms with Crippen LogP contribution >= 0.6 is 0 Å². The van der Waals surface area contributed by atoms with Crippen LogP contribution in [0.3, 0.4) is 0 Å². The summed E-state index contributed by atoms with van der Waals surface area (Å²) in [7, 11) is 0. The van der Waals surface area contributed by atoms with E-state index in [4.69, 9.17) is 15.1 Å². The summed E-state index contributed by atoms with van der Waals surface area (Å²) in [5.41, 5.74) is -0.623. The van der Waals surface area contributed by atoms with Gasteiger partial charge < -0.3 is 15.1 Å². The molecule has 1 aromatic carbocycles. The Balaban J connectivity index is 2.22. The average molecular weight is 249 g/mol. The zero-order valence-corrected chi connectivity index (χ0v) is 9.37. The van der Waals surface area contributed by atoms with Crippen LogP contribution in [0.15, 0.2) is 35.5 Å². The third-order valence-electron chi connectivity index (χ3n) is 2.72. The minimum Gasteiger partial charge on any atom is -0.481 e. The Morgan fingerprint density at radius 2 is 1.94 bits per heavy atom. The molecule has 0 spiro atoms. The highest BCUT2D eigenvalue weighted by Crippen LogP contribution is 2.30. The van der Waals surface area contributed by atoms with Crippen LogP contribution in [-0.4, -0.2) is 33.5 Å². The van der Waals surface area contributed by atoms with Gasteiger partial charge in [0, 0.05) is 6.42 Å². The Kier molecular flexibility index (Phi) is 3.01. The molecular formula is C12H11NO5. The summed E-state index contributed by atoms with van der Waals surface area (Å²) in [5, 5.41) is 21.6. The molecular weight excluding hydrogens is 238 g/mol. The summed E-state index contributed by atoms with van der Waals surface area (Å²) >= 11 is 0. The van der Waals surface area contributed by atoms with Crippen LogP contribution in [0.1, 0.15) is 18.4 Å². The fourth-order valence-corrected chi connectivity index (χ4v) is 1.79. The summed E-state index contributed by atoms with van der Waals surface area (Å²) in [4.78, 5) is 26.8. The summed E-state index contributed by atoms with van der Waals surface area (Å²) in [5.74, 6) is -2.55. The first-order chi connectivity index (χ1) is 8.53. The minimum atomic E-state index is -1.79. The maximum atomic E-state index is 11.2. The average Bonchev–Trinajstić information content (AvgIpc) is 2.75. The molecule has 0 fully saturated rings. The maximum absolute atomic E-state index is 11.2. The number of hydrogen-bond acceptors (Lipinski definition) is 4. The SMILES string of the molecule is O=C(O)CC1(C(=O)O)CC(c2ccccc2)=NO1. The van der Waals surface area contributed by atoms with Crippen LogP contribution in [0.2, 0.25) is 0 Å². The number of carbonyl (C=O) groups is 2. The van der Waals surface area contributed by atoms with E-state index in [1.54, 1.807) is 24.3 Å². The normalized spacial score (nSPS) is 22.1. The van der Waals surface area contributed by atoms with E-state index in [-0.39, 0.29) is 6.42 Å². The number of oxime groups is 1. The van der Waals surface area contributed by atoms with Crippen molar-refractivity contribution in [2.45, 2.75) is 18.4 Å². The molecule has 6 nitrogen and oxygen atoms in total. The van der Waals surface area contributed by atoms with E-state index in [9.17, 15) is 9.59 Å². The largest absolute Gasteiger partial charge is 0.481 e. The molecule has 1 unspecified atom stereocenters. The molecule has 1 heterocycles. The first-order valence-electron chi connectivity index (χ1n) is 5.29. The van der Waals surface area contributed by atoms with E-state index in [1.165, 1.54) is 0 Å². The fourth-order valence-electron chi connectivity index (χ4n) is 1.79. The van der Waals surface area contributed by atoms with Crippen LogP contribution in [0, 0.1) is 0 Å². The summed E-state index contributed by atoms with van der Waals surface area (Å²) in [6.45, 7) is 0. The number of carboxylic acid groups (broad SMARTS) is 2. The lowest BCUT2D eigenvalue weighted by Crippen LogP contribution is -2.41. The van der Waals surface area contributed by atoms with E-state index in [0.717, 1.165) is 5.56 Å². The number of carboxylic acids is 2. The zero-order chi connectivity index (χ0) is 13.2. The molecule has 1 atom stereocenters. The third kappa shape index (κ3) is 2.17. The first kappa shape index (κ1) is 12.1. The van der Waals surface area contributed by atoms with Crippen molar-refractivity contribution in [1.29, 1.82) is 0 Å². The second-order valence-corrected chi connectivity index (χ2v) is 4.04. The smallest absolute Gasteiger partial charge is 0.351 e. The van der Waals surface area contributed by atoms with Crippen molar-refractivity contribution < 1.29 is 24.6 Å². The molecule has 1 aliphatic rings. The lowest BCUT2D eigenvalue weighted by molar-refractivity contribution is -0.169. The van der Waals surface area contributed by atoms with Crippen LogP contribution < -0.4 is 0 Å². The Hall–Kier alpha value is -2.37. The molecule has 1 aromatic rings. The standard InChI is InChI=1S/C12H11NO5/c14-10(15)7-12(11(16)17)6-9(13-18-12)8-4-2-1-3-5-8/h1-5H,6-7H2,(H,14,15)(H,16,17). The van der Waals surface area contributed by atoms with Crippen molar-refractivity contribution in [3.63, 3.8) is 0 Å². The highest BCUT2D eigenvalue weighted by Gasteiger charge is 2.49. The zero-order valence-electron chi connectivity index (χ0n) is 9.37. The van der Waals surface area contributed by atoms with Gasteiger partial charge in [0.25, 0.3) is 0 Å². The fraction of sp³-hybridized carbons (Fsp3) is 0.250. The highest BCUT2D eigenvalue weighted by molar-refractivity contribution is 6.05. The van der Waals surface area contributed by atoms with Gasteiger partial charge in [-0.05, 0) is 5.56 Å². The molecule has 0 aromatic heterocycles. The van der Waals surface area contributed by atoms with E-state index in [2.05, 4.69) is 5.16 Å². The van der Waals surface area contributed by atoms with Gasteiger partial charge >= 0.3 is 11.9 Å². The molecule has 0 bridgehead atoms. The first-order valence-corrected chi connectivity index (χ1v) is 5.29. The van der Waals surface area contributed by atoms with Crippen LogP contribution in [-0.2, 0) is 14.4 Å². The lowest BCUT2D eigenvalue weighted by atomic mass is 9.91. The Bertz CT molecular complexity index is 510. The van der Waals surface area contributed by atoms with Gasteiger partial charge in [-0.25, -0.2) is 4.79 Å². The van der Waals surface area contributed by atoms with Gasteiger partial charge in [-0.2, -0.15) is 0 Å². The van der Waals surface area contributed by atoms with E-state index in [1.807, 2.05) is 6.07 Å². The number of hydrogen-bond donors (Lipinski definition) is 2. The van der Waals surface area contributed by atoms with Gasteiger partial charge in [0.15, 0.2) is 0 Å². The van der Waals surface area contributed by atoms with Crippen molar-refractivity contribution in [2.75, 3.05) is 0 Å². The summed E-state index contributed by atoms with van der Waals surface area (Å²) in [6.07, 6.45) is -0.680. The molecule has 2 rings (SSSR count). The summed E-state index contributed by atoms with van der Waals surface area (Å²) in [6, 6.07) is 8.93. The van der Waals surface area contributed by atoms with Gasteiger partial charge in [0.05, 0.1) is 12.1 Å². The van der Waals surface area contributed by atoms with Gasteiger partial charge in [0.1, 0.15) is 0 Å². The summed E-state index contributed by atoms with van der Waals surface area (Å²) < 4.78 is 0. The topological polar surface area (TPSA) is 96.2 Å². The van der Waals surface area contributed by atoms with Crippen molar-refractivity contribution in [3.8, 4) is 0 Å². The molecule has 2 N–H and O–H groups in total. The number of aliphatic carboxylic acids is 2. The lowest BCUT2D eigenvalue weighted by Gasteiger charge is -2.18. The van der Waals surface area contributed by atoms with Crippen LogP contribution in [0.5, 0.6) is 0 Å². The quantitative estimate of drug-likeness (QED) is 0.833. The number of nitrogens with zero attached hydrogens (tertiary/aromatic N) is 1. The van der Waals surface area contributed by atoms with E-state index >= 15 is 0 Å². The van der Waals surface area contributed by atoms with E-state index in [0.29, 0.717) is 5.71 Å². The second-order valence-electron chi connectivity index (χ2n) is 4.04. The van der Waals surface area contributed by atoms with Crippen molar-refractivity contribution in [2.24, 2.45) is 5.16 Å². The highest BCUT2D eigenvalue weighted by atomic mass is 16.7. The van der Waals surface area contributed by atoms with Gasteiger partial charge in [-0.3, -0.25) is 4.79 Å². The van der Waals surface area contributed by atoms with Gasteiger partial charge in [0.2, 0.25) is 5.60 Å². The van der Waals surface area contributed by atoms with Crippen molar-refractivity contribution in [3.05, 3.63) is 35.9 Å². The molecule has 0 saturated heterocycles. The molecule has 0 radical (unpaired) electrons. The molecule has 0 amide bonds. The number of rotatable bonds is 4. The predicted octanol–water partition coefficient (Wildman–Crippen LogP) is 1.11. The minimum absolute atomic E-state index is 0.0569. The molecule has 94 valence electrons. The predicted molar refractivity (Wildman–Crippen MR) is 61.3 cm³/mol. The Morgan fingerprint density at radius 3 is 2.50 bits per heavy atom. The number of benzene rings is 1. The third-order valence-corrected chi connectivity index (χ3v) is 2.72. The van der Waals surface area contributed by atoms with Gasteiger partial charge in [-0.15, -0.1) is 0 Å². The molecule has 6 heteroatoms. The maximum Gasteiger partial charge on any atom is 0.351 e. The van der Waals surface area contributed by atoms with Gasteiger partial charge in [-0.1, -0.05) is 35.5 Å². The van der Waals surface area contributed by atoms with E-state index < -0.39 is 24.0 Å². The van der Waals surface area contributed by atoms with Crippen LogP contribution in [0.4, 0.5) is 0 Å². The second kappa shape index (κ2) is 4.48. The van der Waals surface area contributed by atoms with Crippen molar-refractivity contribution in [1.82, 2.24) is 0 Å². The molecule has 0 saturated carbocycles. The molecule has 1 aliphatic heterocycles.